The summed E-state index contributed by atoms with van der Waals surface area (Å²) in [6.07, 6.45) is 4.91. The van der Waals surface area contributed by atoms with E-state index in [4.69, 9.17) is 5.73 Å². The molecule has 1 aliphatic rings. The highest BCUT2D eigenvalue weighted by atomic mass is 19.1. The zero-order valence-electron chi connectivity index (χ0n) is 10.5. The monoisotopic (exact) mass is 254 g/mol. The van der Waals surface area contributed by atoms with Gasteiger partial charge in [-0.05, 0) is 37.4 Å². The molecule has 1 atom stereocenters. The highest BCUT2D eigenvalue weighted by molar-refractivity contribution is 5.23. The summed E-state index contributed by atoms with van der Waals surface area (Å²) in [4.78, 5) is 0. The molecule has 1 unspecified atom stereocenters. The van der Waals surface area contributed by atoms with Crippen LogP contribution in [0.15, 0.2) is 18.2 Å². The molecule has 0 aromatic heterocycles. The fourth-order valence-electron chi connectivity index (χ4n) is 2.22. The van der Waals surface area contributed by atoms with Crippen molar-refractivity contribution in [3.8, 4) is 0 Å². The van der Waals surface area contributed by atoms with Gasteiger partial charge in [-0.15, -0.1) is 0 Å². The van der Waals surface area contributed by atoms with Gasteiger partial charge >= 0.3 is 0 Å². The first-order valence-corrected chi connectivity index (χ1v) is 6.59. The standard InChI is InChI=1S/C14H20F2N2/c15-11-4-1-5-12(16)14(11)13(9-17)18-8-2-3-10-6-7-10/h1,4-5,10,13,18H,2-3,6-9,17H2. The van der Waals surface area contributed by atoms with E-state index < -0.39 is 17.7 Å². The van der Waals surface area contributed by atoms with E-state index in [0.717, 1.165) is 18.9 Å². The number of nitrogens with two attached hydrogens (primary N) is 1. The molecule has 18 heavy (non-hydrogen) atoms. The van der Waals surface area contributed by atoms with E-state index in [1.54, 1.807) is 0 Å². The normalized spacial score (nSPS) is 16.8. The molecule has 0 amide bonds. The Morgan fingerprint density at radius 3 is 2.50 bits per heavy atom. The van der Waals surface area contributed by atoms with Crippen LogP contribution in [0.25, 0.3) is 0 Å². The van der Waals surface area contributed by atoms with Crippen molar-refractivity contribution in [2.75, 3.05) is 13.1 Å². The van der Waals surface area contributed by atoms with E-state index in [1.165, 1.54) is 37.5 Å². The molecule has 1 aromatic rings. The van der Waals surface area contributed by atoms with Gasteiger partial charge in [0.25, 0.3) is 0 Å². The lowest BCUT2D eigenvalue weighted by molar-refractivity contribution is 0.461. The second kappa shape index (κ2) is 6.25. The van der Waals surface area contributed by atoms with Gasteiger partial charge in [-0.2, -0.15) is 0 Å². The molecule has 3 N–H and O–H groups in total. The summed E-state index contributed by atoms with van der Waals surface area (Å²) >= 11 is 0. The van der Waals surface area contributed by atoms with Gasteiger partial charge in [-0.1, -0.05) is 18.9 Å². The number of rotatable bonds is 7. The van der Waals surface area contributed by atoms with Gasteiger partial charge in [0.2, 0.25) is 0 Å². The number of hydrogen-bond donors (Lipinski definition) is 2. The van der Waals surface area contributed by atoms with Crippen LogP contribution in [0.4, 0.5) is 8.78 Å². The third-order valence-electron chi connectivity index (χ3n) is 3.46. The summed E-state index contributed by atoms with van der Waals surface area (Å²) in [5.74, 6) is -0.173. The van der Waals surface area contributed by atoms with Gasteiger partial charge in [0.15, 0.2) is 0 Å². The quantitative estimate of drug-likeness (QED) is 0.734. The van der Waals surface area contributed by atoms with Gasteiger partial charge in [0.1, 0.15) is 11.6 Å². The first kappa shape index (κ1) is 13.4. The summed E-state index contributed by atoms with van der Waals surface area (Å²) in [7, 11) is 0. The van der Waals surface area contributed by atoms with Crippen LogP contribution in [-0.2, 0) is 0 Å². The van der Waals surface area contributed by atoms with Crippen molar-refractivity contribution in [1.29, 1.82) is 0 Å². The predicted octanol–water partition coefficient (Wildman–Crippen LogP) is 2.74. The van der Waals surface area contributed by atoms with Crippen LogP contribution >= 0.6 is 0 Å². The zero-order chi connectivity index (χ0) is 13.0. The average molecular weight is 254 g/mol. The van der Waals surface area contributed by atoms with Crippen LogP contribution in [-0.4, -0.2) is 13.1 Å². The fourth-order valence-corrected chi connectivity index (χ4v) is 2.22. The number of benzene rings is 1. The Morgan fingerprint density at radius 1 is 1.28 bits per heavy atom. The predicted molar refractivity (Wildman–Crippen MR) is 68.1 cm³/mol. The van der Waals surface area contributed by atoms with Gasteiger partial charge in [0, 0.05) is 12.1 Å². The molecule has 1 fully saturated rings. The molecule has 0 spiro atoms. The Morgan fingerprint density at radius 2 is 1.94 bits per heavy atom. The van der Waals surface area contributed by atoms with Crippen LogP contribution in [0.1, 0.15) is 37.3 Å². The highest BCUT2D eigenvalue weighted by Crippen LogP contribution is 2.33. The zero-order valence-corrected chi connectivity index (χ0v) is 10.5. The third-order valence-corrected chi connectivity index (χ3v) is 3.46. The molecular weight excluding hydrogens is 234 g/mol. The van der Waals surface area contributed by atoms with Crippen molar-refractivity contribution in [2.24, 2.45) is 11.7 Å². The van der Waals surface area contributed by atoms with E-state index in [2.05, 4.69) is 5.32 Å². The molecule has 1 saturated carbocycles. The Labute approximate surface area is 107 Å². The summed E-state index contributed by atoms with van der Waals surface area (Å²) < 4.78 is 27.2. The summed E-state index contributed by atoms with van der Waals surface area (Å²) in [5, 5.41) is 3.15. The van der Waals surface area contributed by atoms with Gasteiger partial charge < -0.3 is 11.1 Å². The van der Waals surface area contributed by atoms with E-state index in [1.807, 2.05) is 0 Å². The van der Waals surface area contributed by atoms with Crippen LogP contribution in [0.3, 0.4) is 0 Å². The third kappa shape index (κ3) is 3.50. The van der Waals surface area contributed by atoms with E-state index in [0.29, 0.717) is 0 Å². The van der Waals surface area contributed by atoms with Crippen molar-refractivity contribution >= 4 is 0 Å². The summed E-state index contributed by atoms with van der Waals surface area (Å²) in [6.45, 7) is 0.952. The van der Waals surface area contributed by atoms with Gasteiger partial charge in [-0.25, -0.2) is 8.78 Å². The Bertz CT molecular complexity index is 371. The molecule has 0 bridgehead atoms. The van der Waals surface area contributed by atoms with Crippen molar-refractivity contribution < 1.29 is 8.78 Å². The van der Waals surface area contributed by atoms with Crippen molar-refractivity contribution in [2.45, 2.75) is 31.7 Å². The molecule has 1 aliphatic carbocycles. The van der Waals surface area contributed by atoms with Crippen LogP contribution in [0.2, 0.25) is 0 Å². The molecule has 0 radical (unpaired) electrons. The van der Waals surface area contributed by atoms with E-state index in [-0.39, 0.29) is 12.1 Å². The maximum atomic E-state index is 13.6. The summed E-state index contributed by atoms with van der Waals surface area (Å²) in [6, 6.07) is 3.47. The van der Waals surface area contributed by atoms with Crippen molar-refractivity contribution in [1.82, 2.24) is 5.32 Å². The van der Waals surface area contributed by atoms with Gasteiger partial charge in [0.05, 0.1) is 6.04 Å². The van der Waals surface area contributed by atoms with Crippen molar-refractivity contribution in [3.05, 3.63) is 35.4 Å². The van der Waals surface area contributed by atoms with E-state index in [9.17, 15) is 8.78 Å². The van der Waals surface area contributed by atoms with Crippen LogP contribution < -0.4 is 11.1 Å². The van der Waals surface area contributed by atoms with Crippen LogP contribution in [0.5, 0.6) is 0 Å². The molecule has 4 heteroatoms. The minimum absolute atomic E-state index is 0.0615. The number of halogens is 2. The second-order valence-corrected chi connectivity index (χ2v) is 4.96. The molecule has 2 nitrogen and oxygen atoms in total. The minimum atomic E-state index is -0.528. The second-order valence-electron chi connectivity index (χ2n) is 4.96. The largest absolute Gasteiger partial charge is 0.329 e. The fraction of sp³-hybridized carbons (Fsp3) is 0.571. The first-order chi connectivity index (χ1) is 8.72. The Balaban J connectivity index is 1.89. The smallest absolute Gasteiger partial charge is 0.130 e. The van der Waals surface area contributed by atoms with Gasteiger partial charge in [-0.3, -0.25) is 0 Å². The average Bonchev–Trinajstić information content (AvgIpc) is 3.15. The highest BCUT2D eigenvalue weighted by Gasteiger charge is 2.21. The first-order valence-electron chi connectivity index (χ1n) is 6.59. The topological polar surface area (TPSA) is 38.0 Å². The number of hydrogen-bond acceptors (Lipinski definition) is 2. The molecule has 0 saturated heterocycles. The van der Waals surface area contributed by atoms with Crippen LogP contribution in [0, 0.1) is 17.6 Å². The Hall–Kier alpha value is -1.00. The molecule has 100 valence electrons. The molecule has 2 rings (SSSR count). The maximum absolute atomic E-state index is 13.6. The lowest BCUT2D eigenvalue weighted by atomic mass is 10.1. The molecule has 0 aliphatic heterocycles. The SMILES string of the molecule is NCC(NCCCC1CC1)c1c(F)cccc1F. The van der Waals surface area contributed by atoms with E-state index >= 15 is 0 Å². The number of nitrogens with one attached hydrogen (secondary N) is 1. The lowest BCUT2D eigenvalue weighted by Gasteiger charge is -2.18. The Kier molecular flexibility index (Phi) is 4.66. The molecular formula is C14H20F2N2. The molecule has 0 heterocycles. The maximum Gasteiger partial charge on any atom is 0.130 e. The summed E-state index contributed by atoms with van der Waals surface area (Å²) in [5.41, 5.74) is 5.66. The molecule has 1 aromatic carbocycles. The van der Waals surface area contributed by atoms with Crippen molar-refractivity contribution in [3.63, 3.8) is 0 Å². The minimum Gasteiger partial charge on any atom is -0.329 e. The lowest BCUT2D eigenvalue weighted by Crippen LogP contribution is -2.30.